The third-order valence-corrected chi connectivity index (χ3v) is 4.90. The van der Waals surface area contributed by atoms with E-state index < -0.39 is 0 Å². The Balaban J connectivity index is 1.65. The maximum absolute atomic E-state index is 12.5. The summed E-state index contributed by atoms with van der Waals surface area (Å²) in [5.74, 6) is 0.618. The minimum absolute atomic E-state index is 0.126. The third kappa shape index (κ3) is 4.12. The molecule has 3 aromatic rings. The van der Waals surface area contributed by atoms with Crippen molar-refractivity contribution in [2.45, 2.75) is 6.10 Å². The number of benzene rings is 2. The number of amides is 1. The van der Waals surface area contributed by atoms with E-state index in [-0.39, 0.29) is 12.0 Å². The molecule has 0 radical (unpaired) electrons. The molecule has 134 valence electrons. The van der Waals surface area contributed by atoms with E-state index in [0.717, 1.165) is 22.4 Å². The summed E-state index contributed by atoms with van der Waals surface area (Å²) in [6, 6.07) is 17.3. The largest absolute Gasteiger partial charge is 0.496 e. The van der Waals surface area contributed by atoms with Crippen LogP contribution in [0.1, 0.15) is 22.0 Å². The Hall–Kier alpha value is -2.63. The molecule has 26 heavy (non-hydrogen) atoms. The number of rotatable bonds is 7. The minimum atomic E-state index is -0.278. The Morgan fingerprint density at radius 2 is 1.81 bits per heavy atom. The van der Waals surface area contributed by atoms with Crippen LogP contribution in [0.4, 0.5) is 0 Å². The molecule has 0 saturated heterocycles. The molecular formula is C21H21NO3S. The first-order chi connectivity index (χ1) is 12.7. The van der Waals surface area contributed by atoms with Crippen LogP contribution < -0.4 is 10.1 Å². The Morgan fingerprint density at radius 3 is 2.46 bits per heavy atom. The molecule has 4 nitrogen and oxygen atoms in total. The first-order valence-corrected chi connectivity index (χ1v) is 9.23. The molecule has 0 aliphatic rings. The zero-order valence-electron chi connectivity index (χ0n) is 14.8. The second-order valence-corrected chi connectivity index (χ2v) is 6.55. The molecule has 3 rings (SSSR count). The highest BCUT2D eigenvalue weighted by molar-refractivity contribution is 7.08. The zero-order chi connectivity index (χ0) is 18.4. The topological polar surface area (TPSA) is 47.6 Å². The summed E-state index contributed by atoms with van der Waals surface area (Å²) in [4.78, 5) is 12.5. The van der Waals surface area contributed by atoms with Gasteiger partial charge in [0.1, 0.15) is 11.9 Å². The Morgan fingerprint density at radius 1 is 1.04 bits per heavy atom. The lowest BCUT2D eigenvalue weighted by molar-refractivity contribution is 0.0819. The number of carbonyl (C=O) groups excluding carboxylic acids is 1. The van der Waals surface area contributed by atoms with Gasteiger partial charge in [-0.15, -0.1) is 0 Å². The van der Waals surface area contributed by atoms with Gasteiger partial charge in [0.05, 0.1) is 7.11 Å². The highest BCUT2D eigenvalue weighted by atomic mass is 32.1. The molecule has 2 aromatic carbocycles. The van der Waals surface area contributed by atoms with Crippen LogP contribution in [0.5, 0.6) is 5.75 Å². The highest BCUT2D eigenvalue weighted by Crippen LogP contribution is 2.26. The quantitative estimate of drug-likeness (QED) is 0.667. The number of para-hydroxylation sites is 1. The molecule has 0 aliphatic carbocycles. The van der Waals surface area contributed by atoms with Crippen molar-refractivity contribution < 1.29 is 14.3 Å². The second kappa shape index (κ2) is 8.65. The lowest BCUT2D eigenvalue weighted by Crippen LogP contribution is -2.29. The van der Waals surface area contributed by atoms with Crippen molar-refractivity contribution in [3.63, 3.8) is 0 Å². The van der Waals surface area contributed by atoms with Gasteiger partial charge in [0.2, 0.25) is 0 Å². The summed E-state index contributed by atoms with van der Waals surface area (Å²) in [7, 11) is 3.25. The molecule has 1 heterocycles. The van der Waals surface area contributed by atoms with E-state index in [1.807, 2.05) is 53.9 Å². The number of nitrogens with one attached hydrogen (secondary N) is 1. The summed E-state index contributed by atoms with van der Waals surface area (Å²) in [5, 5.41) is 7.07. The van der Waals surface area contributed by atoms with E-state index in [1.54, 1.807) is 25.6 Å². The molecule has 0 bridgehead atoms. The van der Waals surface area contributed by atoms with Crippen LogP contribution in [-0.4, -0.2) is 26.7 Å². The van der Waals surface area contributed by atoms with Crippen LogP contribution in [0.25, 0.3) is 11.1 Å². The van der Waals surface area contributed by atoms with Gasteiger partial charge in [0.15, 0.2) is 0 Å². The number of ether oxygens (including phenoxy) is 2. The van der Waals surface area contributed by atoms with E-state index >= 15 is 0 Å². The second-order valence-electron chi connectivity index (χ2n) is 5.77. The van der Waals surface area contributed by atoms with Gasteiger partial charge in [0, 0.05) is 24.8 Å². The number of hydrogen-bond acceptors (Lipinski definition) is 4. The smallest absolute Gasteiger partial charge is 0.251 e. The summed E-state index contributed by atoms with van der Waals surface area (Å²) in [5.41, 5.74) is 3.80. The van der Waals surface area contributed by atoms with Crippen molar-refractivity contribution >= 4 is 17.2 Å². The SMILES string of the molecule is COc1ccccc1[C@@H](CNC(=O)c1ccc(-c2ccsc2)cc1)OC. The first kappa shape index (κ1) is 18.2. The molecule has 0 spiro atoms. The van der Waals surface area contributed by atoms with Crippen molar-refractivity contribution in [3.8, 4) is 16.9 Å². The Bertz CT molecular complexity index is 844. The van der Waals surface area contributed by atoms with E-state index in [9.17, 15) is 4.79 Å². The van der Waals surface area contributed by atoms with Crippen LogP contribution in [0.2, 0.25) is 0 Å². The van der Waals surface area contributed by atoms with Crippen molar-refractivity contribution in [3.05, 3.63) is 76.5 Å². The predicted molar refractivity (Wildman–Crippen MR) is 105 cm³/mol. The van der Waals surface area contributed by atoms with E-state index in [0.29, 0.717) is 12.1 Å². The fourth-order valence-corrected chi connectivity index (χ4v) is 3.45. The van der Waals surface area contributed by atoms with Gasteiger partial charge < -0.3 is 14.8 Å². The molecule has 1 aromatic heterocycles. The zero-order valence-corrected chi connectivity index (χ0v) is 15.6. The molecule has 0 saturated carbocycles. The molecule has 0 unspecified atom stereocenters. The Kier molecular flexibility index (Phi) is 6.04. The summed E-state index contributed by atoms with van der Waals surface area (Å²) in [6.45, 7) is 0.363. The van der Waals surface area contributed by atoms with Gasteiger partial charge in [-0.1, -0.05) is 30.3 Å². The number of thiophene rings is 1. The molecular weight excluding hydrogens is 346 g/mol. The monoisotopic (exact) mass is 367 g/mol. The van der Waals surface area contributed by atoms with Crippen molar-refractivity contribution in [2.75, 3.05) is 20.8 Å². The number of methoxy groups -OCH3 is 2. The number of carbonyl (C=O) groups is 1. The highest BCUT2D eigenvalue weighted by Gasteiger charge is 2.16. The summed E-state index contributed by atoms with van der Waals surface area (Å²) >= 11 is 1.66. The third-order valence-electron chi connectivity index (χ3n) is 4.22. The normalized spacial score (nSPS) is 11.8. The van der Waals surface area contributed by atoms with Gasteiger partial charge in [-0.25, -0.2) is 0 Å². The maximum Gasteiger partial charge on any atom is 0.251 e. The summed E-state index contributed by atoms with van der Waals surface area (Å²) < 4.78 is 10.9. The predicted octanol–water partition coefficient (Wildman–Crippen LogP) is 4.54. The average molecular weight is 367 g/mol. The van der Waals surface area contributed by atoms with Gasteiger partial charge in [-0.2, -0.15) is 11.3 Å². The molecule has 5 heteroatoms. The fourth-order valence-electron chi connectivity index (χ4n) is 2.78. The van der Waals surface area contributed by atoms with Crippen LogP contribution in [0.15, 0.2) is 65.4 Å². The van der Waals surface area contributed by atoms with Crippen LogP contribution >= 0.6 is 11.3 Å². The Labute approximate surface area is 157 Å². The molecule has 1 N–H and O–H groups in total. The van der Waals surface area contributed by atoms with Crippen LogP contribution in [0, 0.1) is 0 Å². The van der Waals surface area contributed by atoms with E-state index in [1.165, 1.54) is 0 Å². The van der Waals surface area contributed by atoms with Gasteiger partial charge in [0.25, 0.3) is 5.91 Å². The maximum atomic E-state index is 12.5. The first-order valence-electron chi connectivity index (χ1n) is 8.29. The van der Waals surface area contributed by atoms with E-state index in [4.69, 9.17) is 9.47 Å². The molecule has 1 amide bonds. The lowest BCUT2D eigenvalue weighted by Gasteiger charge is -2.19. The summed E-state index contributed by atoms with van der Waals surface area (Å²) in [6.07, 6.45) is -0.278. The molecule has 0 aliphatic heterocycles. The number of hydrogen-bond donors (Lipinski definition) is 1. The van der Waals surface area contributed by atoms with Crippen LogP contribution in [0.3, 0.4) is 0 Å². The standard InChI is InChI=1S/C21H21NO3S/c1-24-19-6-4-3-5-18(19)20(25-2)13-22-21(23)16-9-7-15(8-10-16)17-11-12-26-14-17/h3-12,14,20H,13H2,1-2H3,(H,22,23)/t20-/m1/s1. The average Bonchev–Trinajstić information content (AvgIpc) is 3.23. The van der Waals surface area contributed by atoms with Crippen molar-refractivity contribution in [2.24, 2.45) is 0 Å². The fraction of sp³-hybridized carbons (Fsp3) is 0.190. The van der Waals surface area contributed by atoms with Gasteiger partial charge >= 0.3 is 0 Å². The van der Waals surface area contributed by atoms with Crippen molar-refractivity contribution in [1.82, 2.24) is 5.32 Å². The van der Waals surface area contributed by atoms with Crippen molar-refractivity contribution in [1.29, 1.82) is 0 Å². The lowest BCUT2D eigenvalue weighted by atomic mass is 10.1. The molecule has 1 atom stereocenters. The van der Waals surface area contributed by atoms with Crippen LogP contribution in [-0.2, 0) is 4.74 Å². The molecule has 0 fully saturated rings. The minimum Gasteiger partial charge on any atom is -0.496 e. The van der Waals surface area contributed by atoms with Gasteiger partial charge in [-0.3, -0.25) is 4.79 Å². The van der Waals surface area contributed by atoms with E-state index in [2.05, 4.69) is 16.8 Å². The van der Waals surface area contributed by atoms with Gasteiger partial charge in [-0.05, 0) is 46.2 Å².